The Kier molecular flexibility index (Phi) is 5.88. The molecule has 3 aromatic heterocycles. The summed E-state index contributed by atoms with van der Waals surface area (Å²) in [4.78, 5) is 50.5. The van der Waals surface area contributed by atoms with Gasteiger partial charge in [-0.15, -0.1) is 11.3 Å². The highest BCUT2D eigenvalue weighted by Crippen LogP contribution is 2.33. The predicted molar refractivity (Wildman–Crippen MR) is 120 cm³/mol. The molecule has 3 rings (SSSR count). The van der Waals surface area contributed by atoms with E-state index in [0.29, 0.717) is 33.2 Å². The van der Waals surface area contributed by atoms with Gasteiger partial charge in [0, 0.05) is 22.1 Å². The summed E-state index contributed by atoms with van der Waals surface area (Å²) in [6.07, 6.45) is 0. The van der Waals surface area contributed by atoms with Crippen molar-refractivity contribution in [2.45, 2.75) is 60.8 Å². The molecule has 0 aromatic carbocycles. The van der Waals surface area contributed by atoms with Crippen molar-refractivity contribution in [1.29, 1.82) is 0 Å². The molecule has 31 heavy (non-hydrogen) atoms. The number of carbonyl (C=O) groups excluding carboxylic acids is 3. The maximum atomic E-state index is 12.8. The van der Waals surface area contributed by atoms with Gasteiger partial charge in [0.25, 0.3) is 0 Å². The summed E-state index contributed by atoms with van der Waals surface area (Å²) in [6, 6.07) is 0. The van der Waals surface area contributed by atoms with Gasteiger partial charge in [0.2, 0.25) is 5.78 Å². The van der Waals surface area contributed by atoms with Crippen LogP contribution < -0.4 is 0 Å². The van der Waals surface area contributed by atoms with Crippen molar-refractivity contribution in [3.63, 3.8) is 0 Å². The van der Waals surface area contributed by atoms with Gasteiger partial charge in [0.15, 0.2) is 12.4 Å². The van der Waals surface area contributed by atoms with Crippen LogP contribution in [0.1, 0.15) is 86.6 Å². The van der Waals surface area contributed by atoms with Crippen LogP contribution in [-0.2, 0) is 10.2 Å². The quantitative estimate of drug-likeness (QED) is 0.451. The Labute approximate surface area is 185 Å². The predicted octanol–water partition coefficient (Wildman–Crippen LogP) is 4.79. The van der Waals surface area contributed by atoms with Crippen LogP contribution in [0.25, 0.3) is 10.2 Å². The molecule has 3 aromatic rings. The average molecular weight is 442 g/mol. The maximum Gasteiger partial charge on any atom is 0.349 e. The lowest BCUT2D eigenvalue weighted by molar-refractivity contribution is 0.0477. The van der Waals surface area contributed by atoms with E-state index in [9.17, 15) is 14.4 Å². The van der Waals surface area contributed by atoms with Gasteiger partial charge in [0.05, 0.1) is 11.4 Å². The molecule has 0 aliphatic rings. The number of esters is 1. The molecule has 0 saturated heterocycles. The lowest BCUT2D eigenvalue weighted by atomic mass is 9.95. The summed E-state index contributed by atoms with van der Waals surface area (Å²) in [5, 5.41) is 0.846. The number of aromatic nitrogens is 3. The van der Waals surface area contributed by atoms with Crippen molar-refractivity contribution in [3.8, 4) is 0 Å². The zero-order valence-corrected chi connectivity index (χ0v) is 20.0. The standard InChI is InChI=1S/C23H27N3O4S/c1-10-16(14(5)27)12(3)24-18(10)15(28)9-30-21(29)19-11(2)17-13(4)25-22(23(6,7)8)26-20(17)31-19/h24H,9H2,1-8H3. The van der Waals surface area contributed by atoms with Gasteiger partial charge in [0.1, 0.15) is 15.5 Å². The summed E-state index contributed by atoms with van der Waals surface area (Å²) in [7, 11) is 0. The normalized spacial score (nSPS) is 11.7. The Hall–Kier alpha value is -2.87. The van der Waals surface area contributed by atoms with E-state index in [1.54, 1.807) is 13.8 Å². The number of nitrogens with one attached hydrogen (secondary N) is 1. The summed E-state index contributed by atoms with van der Waals surface area (Å²) in [6.45, 7) is 14.3. The van der Waals surface area contributed by atoms with Crippen LogP contribution >= 0.6 is 11.3 Å². The fourth-order valence-corrected chi connectivity index (χ4v) is 4.82. The fraction of sp³-hybridized carbons (Fsp3) is 0.435. The minimum atomic E-state index is -0.571. The molecule has 0 radical (unpaired) electrons. The number of ketones is 2. The summed E-state index contributed by atoms with van der Waals surface area (Å²) in [5.74, 6) is -0.355. The Morgan fingerprint density at radius 3 is 2.23 bits per heavy atom. The third kappa shape index (κ3) is 4.17. The molecule has 0 atom stereocenters. The van der Waals surface area contributed by atoms with Crippen LogP contribution in [0.4, 0.5) is 0 Å². The van der Waals surface area contributed by atoms with Crippen LogP contribution in [0.5, 0.6) is 0 Å². The third-order valence-electron chi connectivity index (χ3n) is 5.23. The number of fused-ring (bicyclic) bond motifs is 1. The van der Waals surface area contributed by atoms with E-state index in [1.807, 2.05) is 34.6 Å². The Balaban J connectivity index is 1.85. The van der Waals surface area contributed by atoms with E-state index < -0.39 is 12.6 Å². The van der Waals surface area contributed by atoms with E-state index in [2.05, 4.69) is 15.0 Å². The monoisotopic (exact) mass is 441 g/mol. The van der Waals surface area contributed by atoms with E-state index >= 15 is 0 Å². The number of rotatable bonds is 5. The molecule has 0 saturated carbocycles. The minimum Gasteiger partial charge on any atom is -0.453 e. The fourth-order valence-electron chi connectivity index (χ4n) is 3.69. The van der Waals surface area contributed by atoms with Crippen LogP contribution in [0.3, 0.4) is 0 Å². The van der Waals surface area contributed by atoms with Crippen molar-refractivity contribution in [2.75, 3.05) is 6.61 Å². The van der Waals surface area contributed by atoms with Gasteiger partial charge >= 0.3 is 5.97 Å². The number of ether oxygens (including phenoxy) is 1. The second-order valence-corrected chi connectivity index (χ2v) is 9.80. The maximum absolute atomic E-state index is 12.8. The Morgan fingerprint density at radius 2 is 1.68 bits per heavy atom. The molecule has 0 fully saturated rings. The van der Waals surface area contributed by atoms with Gasteiger partial charge in [-0.1, -0.05) is 20.8 Å². The molecular formula is C23H27N3O4S. The van der Waals surface area contributed by atoms with Gasteiger partial charge in [-0.05, 0) is 45.7 Å². The second kappa shape index (κ2) is 8.00. The zero-order valence-electron chi connectivity index (χ0n) is 19.1. The molecule has 164 valence electrons. The van der Waals surface area contributed by atoms with E-state index in [4.69, 9.17) is 4.74 Å². The van der Waals surface area contributed by atoms with Gasteiger partial charge in [-0.25, -0.2) is 14.8 Å². The third-order valence-corrected chi connectivity index (χ3v) is 6.40. The van der Waals surface area contributed by atoms with Crippen molar-refractivity contribution in [1.82, 2.24) is 15.0 Å². The number of thiophene rings is 1. The molecule has 0 aliphatic carbocycles. The number of H-pyrrole nitrogens is 1. The van der Waals surface area contributed by atoms with Gasteiger partial charge in [-0.2, -0.15) is 0 Å². The highest BCUT2D eigenvalue weighted by atomic mass is 32.1. The number of aromatic amines is 1. The highest BCUT2D eigenvalue weighted by Gasteiger charge is 2.25. The highest BCUT2D eigenvalue weighted by molar-refractivity contribution is 7.20. The molecule has 0 aliphatic heterocycles. The molecule has 0 bridgehead atoms. The van der Waals surface area contributed by atoms with Crippen molar-refractivity contribution in [3.05, 3.63) is 44.5 Å². The van der Waals surface area contributed by atoms with Crippen molar-refractivity contribution in [2.24, 2.45) is 0 Å². The lowest BCUT2D eigenvalue weighted by Gasteiger charge is -2.16. The first-order chi connectivity index (χ1) is 14.3. The van der Waals surface area contributed by atoms with Gasteiger partial charge in [-0.3, -0.25) is 9.59 Å². The molecule has 0 unspecified atom stereocenters. The average Bonchev–Trinajstić information content (AvgIpc) is 3.15. The SMILES string of the molecule is CC(=O)c1c(C)[nH]c(C(=O)COC(=O)c2sc3nc(C(C)(C)C)nc(C)c3c2C)c1C. The number of carbonyl (C=O) groups is 3. The largest absolute Gasteiger partial charge is 0.453 e. The first-order valence-electron chi connectivity index (χ1n) is 10.0. The molecule has 3 heterocycles. The van der Waals surface area contributed by atoms with Crippen molar-refractivity contribution < 1.29 is 19.1 Å². The van der Waals surface area contributed by atoms with Gasteiger partial charge < -0.3 is 9.72 Å². The number of aryl methyl sites for hydroxylation is 3. The first-order valence-corrected chi connectivity index (χ1v) is 10.8. The summed E-state index contributed by atoms with van der Waals surface area (Å²) < 4.78 is 5.33. The lowest BCUT2D eigenvalue weighted by Crippen LogP contribution is -2.16. The van der Waals surface area contributed by atoms with E-state index in [-0.39, 0.29) is 17.0 Å². The number of hydrogen-bond acceptors (Lipinski definition) is 7. The minimum absolute atomic E-state index is 0.116. The second-order valence-electron chi connectivity index (χ2n) is 8.80. The molecular weight excluding hydrogens is 414 g/mol. The molecule has 7 nitrogen and oxygen atoms in total. The van der Waals surface area contributed by atoms with E-state index in [1.165, 1.54) is 18.3 Å². The van der Waals surface area contributed by atoms with Crippen LogP contribution in [0.15, 0.2) is 0 Å². The molecule has 8 heteroatoms. The molecule has 0 amide bonds. The molecule has 0 spiro atoms. The van der Waals surface area contributed by atoms with E-state index in [0.717, 1.165) is 21.5 Å². The van der Waals surface area contributed by atoms with Crippen LogP contribution in [-0.4, -0.2) is 39.1 Å². The van der Waals surface area contributed by atoms with Crippen molar-refractivity contribution >= 4 is 39.1 Å². The smallest absolute Gasteiger partial charge is 0.349 e. The Morgan fingerprint density at radius 1 is 1.03 bits per heavy atom. The summed E-state index contributed by atoms with van der Waals surface area (Å²) in [5.41, 5.74) is 3.34. The Bertz CT molecular complexity index is 1230. The van der Waals surface area contributed by atoms with Crippen LogP contribution in [0.2, 0.25) is 0 Å². The number of hydrogen-bond donors (Lipinski definition) is 1. The van der Waals surface area contributed by atoms with Crippen LogP contribution in [0, 0.1) is 27.7 Å². The summed E-state index contributed by atoms with van der Waals surface area (Å²) >= 11 is 1.25. The number of Topliss-reactive ketones (excluding diaryl/α,β-unsaturated/α-hetero) is 2. The topological polar surface area (TPSA) is 102 Å². The number of nitrogens with zero attached hydrogens (tertiary/aromatic N) is 2. The first kappa shape index (κ1) is 22.8. The zero-order chi connectivity index (χ0) is 23.2. The molecule has 1 N–H and O–H groups in total.